The second-order valence-electron chi connectivity index (χ2n) is 3.68. The highest BCUT2D eigenvalue weighted by molar-refractivity contribution is 7.09. The maximum absolute atomic E-state index is 4.27. The Morgan fingerprint density at radius 3 is 3.14 bits per heavy atom. The highest BCUT2D eigenvalue weighted by Crippen LogP contribution is 2.19. The van der Waals surface area contributed by atoms with Gasteiger partial charge in [0, 0.05) is 18.1 Å². The lowest BCUT2D eigenvalue weighted by molar-refractivity contribution is 0.504. The molecule has 2 rings (SSSR count). The van der Waals surface area contributed by atoms with Crippen LogP contribution < -0.4 is 5.32 Å². The third-order valence-corrected chi connectivity index (χ3v) is 3.21. The van der Waals surface area contributed by atoms with Crippen LogP contribution in [0, 0.1) is 12.8 Å². The molecule has 1 aliphatic carbocycles. The van der Waals surface area contributed by atoms with Gasteiger partial charge in [0.25, 0.3) is 0 Å². The minimum atomic E-state index is 0.768. The van der Waals surface area contributed by atoms with Crippen LogP contribution in [-0.4, -0.2) is 15.9 Å². The number of hydrogen-bond acceptors (Lipinski definition) is 4. The van der Waals surface area contributed by atoms with Crippen molar-refractivity contribution < 1.29 is 0 Å². The highest BCUT2D eigenvalue weighted by Gasteiger charge is 2.10. The predicted molar refractivity (Wildman–Crippen MR) is 59.6 cm³/mol. The molecule has 0 aromatic carbocycles. The number of aromatic nitrogens is 2. The second kappa shape index (κ2) is 4.55. The van der Waals surface area contributed by atoms with Crippen molar-refractivity contribution in [2.24, 2.45) is 5.92 Å². The molecule has 4 heteroatoms. The van der Waals surface area contributed by atoms with Crippen molar-refractivity contribution >= 4 is 16.7 Å². The first-order valence-electron chi connectivity index (χ1n) is 5.04. The summed E-state index contributed by atoms with van der Waals surface area (Å²) in [6, 6.07) is 0. The molecule has 1 aromatic rings. The Labute approximate surface area is 88.4 Å². The summed E-state index contributed by atoms with van der Waals surface area (Å²) in [6.45, 7) is 2.95. The number of nitrogens with zero attached hydrogens (tertiary/aromatic N) is 2. The summed E-state index contributed by atoms with van der Waals surface area (Å²) in [6.07, 6.45) is 8.26. The molecule has 1 unspecified atom stereocenters. The lowest BCUT2D eigenvalue weighted by atomic mass is 9.95. The van der Waals surface area contributed by atoms with E-state index in [0.717, 1.165) is 23.4 Å². The van der Waals surface area contributed by atoms with Crippen LogP contribution in [0.5, 0.6) is 0 Å². The quantitative estimate of drug-likeness (QED) is 0.778. The van der Waals surface area contributed by atoms with Crippen LogP contribution in [0.25, 0.3) is 0 Å². The number of anilines is 1. The average molecular weight is 209 g/mol. The fourth-order valence-corrected chi connectivity index (χ4v) is 2.22. The molecule has 1 aliphatic rings. The van der Waals surface area contributed by atoms with Crippen molar-refractivity contribution in [3.05, 3.63) is 18.0 Å². The van der Waals surface area contributed by atoms with Gasteiger partial charge in [0.2, 0.25) is 5.13 Å². The van der Waals surface area contributed by atoms with Gasteiger partial charge in [-0.1, -0.05) is 12.2 Å². The monoisotopic (exact) mass is 209 g/mol. The molecule has 1 N–H and O–H groups in total. The van der Waals surface area contributed by atoms with E-state index in [0.29, 0.717) is 0 Å². The summed E-state index contributed by atoms with van der Waals surface area (Å²) >= 11 is 1.45. The molecule has 0 spiro atoms. The Hall–Kier alpha value is -0.900. The van der Waals surface area contributed by atoms with Crippen molar-refractivity contribution in [1.29, 1.82) is 0 Å². The molecule has 76 valence electrons. The Kier molecular flexibility index (Phi) is 3.14. The molecule has 0 saturated carbocycles. The van der Waals surface area contributed by atoms with Gasteiger partial charge in [-0.15, -0.1) is 0 Å². The van der Waals surface area contributed by atoms with Gasteiger partial charge in [-0.2, -0.15) is 4.37 Å². The Morgan fingerprint density at radius 1 is 1.57 bits per heavy atom. The third-order valence-electron chi connectivity index (χ3n) is 2.45. The average Bonchev–Trinajstić information content (AvgIpc) is 2.63. The predicted octanol–water partition coefficient (Wildman–Crippen LogP) is 2.61. The SMILES string of the molecule is Cc1nsc(NCC2CC=CCC2)n1. The molecule has 1 heterocycles. The van der Waals surface area contributed by atoms with Gasteiger partial charge in [0.05, 0.1) is 0 Å². The molecule has 1 atom stereocenters. The van der Waals surface area contributed by atoms with E-state index in [4.69, 9.17) is 0 Å². The Morgan fingerprint density at radius 2 is 2.50 bits per heavy atom. The second-order valence-corrected chi connectivity index (χ2v) is 4.43. The first-order valence-corrected chi connectivity index (χ1v) is 5.81. The van der Waals surface area contributed by atoms with Crippen molar-refractivity contribution in [3.8, 4) is 0 Å². The van der Waals surface area contributed by atoms with Gasteiger partial charge < -0.3 is 5.32 Å². The minimum absolute atomic E-state index is 0.768. The van der Waals surface area contributed by atoms with Gasteiger partial charge in [0.1, 0.15) is 5.82 Å². The van der Waals surface area contributed by atoms with E-state index in [9.17, 15) is 0 Å². The van der Waals surface area contributed by atoms with E-state index in [2.05, 4.69) is 26.8 Å². The highest BCUT2D eigenvalue weighted by atomic mass is 32.1. The molecule has 0 amide bonds. The first-order chi connectivity index (χ1) is 6.84. The Bertz CT molecular complexity index is 319. The Balaban J connectivity index is 1.79. The lowest BCUT2D eigenvalue weighted by Gasteiger charge is -2.17. The van der Waals surface area contributed by atoms with Crippen molar-refractivity contribution in [3.63, 3.8) is 0 Å². The molecule has 0 aliphatic heterocycles. The van der Waals surface area contributed by atoms with E-state index in [1.165, 1.54) is 30.8 Å². The maximum Gasteiger partial charge on any atom is 0.202 e. The van der Waals surface area contributed by atoms with Gasteiger partial charge in [-0.05, 0) is 32.1 Å². The lowest BCUT2D eigenvalue weighted by Crippen LogP contribution is -2.15. The van der Waals surface area contributed by atoms with Crippen LogP contribution in [0.4, 0.5) is 5.13 Å². The fraction of sp³-hybridized carbons (Fsp3) is 0.600. The summed E-state index contributed by atoms with van der Waals surface area (Å²) in [5, 5.41) is 4.30. The third kappa shape index (κ3) is 2.54. The molecule has 1 aromatic heterocycles. The van der Waals surface area contributed by atoms with Crippen molar-refractivity contribution in [2.45, 2.75) is 26.2 Å². The van der Waals surface area contributed by atoms with Crippen LogP contribution >= 0.6 is 11.5 Å². The van der Waals surface area contributed by atoms with Gasteiger partial charge in [-0.25, -0.2) is 4.98 Å². The summed E-state index contributed by atoms with van der Waals surface area (Å²) in [7, 11) is 0. The molecule has 3 nitrogen and oxygen atoms in total. The standard InChI is InChI=1S/C10H15N3S/c1-8-12-10(14-13-8)11-7-9-5-3-2-4-6-9/h2-3,9H,4-7H2,1H3,(H,11,12,13). The van der Waals surface area contributed by atoms with Crippen molar-refractivity contribution in [2.75, 3.05) is 11.9 Å². The molecule has 0 saturated heterocycles. The van der Waals surface area contributed by atoms with E-state index in [-0.39, 0.29) is 0 Å². The number of hydrogen-bond donors (Lipinski definition) is 1. The molecule has 14 heavy (non-hydrogen) atoms. The zero-order chi connectivity index (χ0) is 9.80. The summed E-state index contributed by atoms with van der Waals surface area (Å²) < 4.78 is 4.13. The topological polar surface area (TPSA) is 37.8 Å². The van der Waals surface area contributed by atoms with Crippen LogP contribution in [0.1, 0.15) is 25.1 Å². The van der Waals surface area contributed by atoms with Crippen molar-refractivity contribution in [1.82, 2.24) is 9.36 Å². The maximum atomic E-state index is 4.27. The molecular weight excluding hydrogens is 194 g/mol. The first kappa shape index (κ1) is 9.65. The molecule has 0 radical (unpaired) electrons. The van der Waals surface area contributed by atoms with E-state index in [1.807, 2.05) is 6.92 Å². The van der Waals surface area contributed by atoms with E-state index >= 15 is 0 Å². The number of nitrogens with one attached hydrogen (secondary N) is 1. The largest absolute Gasteiger partial charge is 0.360 e. The number of aryl methyl sites for hydroxylation is 1. The van der Waals surface area contributed by atoms with Gasteiger partial charge >= 0.3 is 0 Å². The molecule has 0 bridgehead atoms. The zero-order valence-corrected chi connectivity index (χ0v) is 9.18. The zero-order valence-electron chi connectivity index (χ0n) is 8.36. The van der Waals surface area contributed by atoms with Gasteiger partial charge in [0.15, 0.2) is 0 Å². The van der Waals surface area contributed by atoms with Crippen LogP contribution in [0.15, 0.2) is 12.2 Å². The van der Waals surface area contributed by atoms with Crippen LogP contribution in [0.2, 0.25) is 0 Å². The summed E-state index contributed by atoms with van der Waals surface area (Å²) in [4.78, 5) is 4.27. The fourth-order valence-electron chi connectivity index (χ4n) is 1.64. The van der Waals surface area contributed by atoms with E-state index < -0.39 is 0 Å². The smallest absolute Gasteiger partial charge is 0.202 e. The summed E-state index contributed by atoms with van der Waals surface area (Å²) in [5.41, 5.74) is 0. The van der Waals surface area contributed by atoms with E-state index in [1.54, 1.807) is 0 Å². The normalized spacial score (nSPS) is 21.1. The number of allylic oxidation sites excluding steroid dienone is 2. The van der Waals surface area contributed by atoms with Gasteiger partial charge in [-0.3, -0.25) is 0 Å². The summed E-state index contributed by atoms with van der Waals surface area (Å²) in [5.74, 6) is 1.63. The van der Waals surface area contributed by atoms with Crippen LogP contribution in [0.3, 0.4) is 0 Å². The molecule has 0 fully saturated rings. The molecular formula is C10H15N3S. The number of rotatable bonds is 3. The minimum Gasteiger partial charge on any atom is -0.360 e. The van der Waals surface area contributed by atoms with Crippen LogP contribution in [-0.2, 0) is 0 Å².